The minimum atomic E-state index is -0.163. The van der Waals surface area contributed by atoms with Crippen molar-refractivity contribution in [2.24, 2.45) is 0 Å². The van der Waals surface area contributed by atoms with Crippen molar-refractivity contribution in [3.63, 3.8) is 0 Å². The van der Waals surface area contributed by atoms with E-state index in [2.05, 4.69) is 28.5 Å². The molecule has 4 nitrogen and oxygen atoms in total. The SMILES string of the molecule is CCN(CC)C(=O)C(C)NCc1cccc2[nH]ccc12. The molecule has 1 amide bonds. The third-order valence-electron chi connectivity index (χ3n) is 3.73. The molecule has 0 aliphatic heterocycles. The van der Waals surface area contributed by atoms with E-state index < -0.39 is 0 Å². The Kier molecular flexibility index (Phi) is 4.79. The van der Waals surface area contributed by atoms with Gasteiger partial charge in [-0.25, -0.2) is 0 Å². The highest BCUT2D eigenvalue weighted by Gasteiger charge is 2.17. The summed E-state index contributed by atoms with van der Waals surface area (Å²) in [5, 5.41) is 4.54. The third kappa shape index (κ3) is 3.02. The topological polar surface area (TPSA) is 48.1 Å². The van der Waals surface area contributed by atoms with Crippen molar-refractivity contribution < 1.29 is 4.79 Å². The average Bonchev–Trinajstić information content (AvgIpc) is 2.94. The van der Waals surface area contributed by atoms with E-state index >= 15 is 0 Å². The third-order valence-corrected chi connectivity index (χ3v) is 3.73. The molecule has 4 heteroatoms. The second-order valence-electron chi connectivity index (χ2n) is 4.97. The van der Waals surface area contributed by atoms with Crippen LogP contribution in [0.2, 0.25) is 0 Å². The normalized spacial score (nSPS) is 12.6. The number of H-pyrrole nitrogens is 1. The van der Waals surface area contributed by atoms with E-state index in [0.29, 0.717) is 6.54 Å². The number of hydrogen-bond donors (Lipinski definition) is 2. The zero-order valence-corrected chi connectivity index (χ0v) is 12.4. The maximum Gasteiger partial charge on any atom is 0.239 e. The predicted molar refractivity (Wildman–Crippen MR) is 82.5 cm³/mol. The molecule has 0 aliphatic carbocycles. The molecule has 0 saturated carbocycles. The van der Waals surface area contributed by atoms with Crippen LogP contribution in [0, 0.1) is 0 Å². The minimum absolute atomic E-state index is 0.163. The molecule has 2 N–H and O–H groups in total. The van der Waals surface area contributed by atoms with Crippen LogP contribution in [0.15, 0.2) is 30.5 Å². The Morgan fingerprint density at radius 2 is 2.05 bits per heavy atom. The lowest BCUT2D eigenvalue weighted by atomic mass is 10.1. The van der Waals surface area contributed by atoms with Crippen molar-refractivity contribution in [1.29, 1.82) is 0 Å². The second kappa shape index (κ2) is 6.57. The number of nitrogens with one attached hydrogen (secondary N) is 2. The molecule has 20 heavy (non-hydrogen) atoms. The monoisotopic (exact) mass is 273 g/mol. The van der Waals surface area contributed by atoms with Crippen LogP contribution >= 0.6 is 0 Å². The Labute approximate surface area is 120 Å². The number of aromatic amines is 1. The quantitative estimate of drug-likeness (QED) is 0.849. The number of aromatic nitrogens is 1. The van der Waals surface area contributed by atoms with Gasteiger partial charge in [0.05, 0.1) is 6.04 Å². The predicted octanol–water partition coefficient (Wildman–Crippen LogP) is 2.51. The van der Waals surface area contributed by atoms with Crippen molar-refractivity contribution in [3.8, 4) is 0 Å². The van der Waals surface area contributed by atoms with E-state index in [9.17, 15) is 4.79 Å². The summed E-state index contributed by atoms with van der Waals surface area (Å²) in [6.45, 7) is 8.16. The van der Waals surface area contributed by atoms with Gasteiger partial charge < -0.3 is 15.2 Å². The highest BCUT2D eigenvalue weighted by atomic mass is 16.2. The lowest BCUT2D eigenvalue weighted by Gasteiger charge is -2.23. The molecule has 0 fully saturated rings. The number of nitrogens with zero attached hydrogens (tertiary/aromatic N) is 1. The van der Waals surface area contributed by atoms with Gasteiger partial charge in [0.15, 0.2) is 0 Å². The van der Waals surface area contributed by atoms with Gasteiger partial charge in [0.25, 0.3) is 0 Å². The Balaban J connectivity index is 2.01. The summed E-state index contributed by atoms with van der Waals surface area (Å²) >= 11 is 0. The Morgan fingerprint density at radius 3 is 2.75 bits per heavy atom. The number of carbonyl (C=O) groups excluding carboxylic acids is 1. The zero-order valence-electron chi connectivity index (χ0n) is 12.4. The fourth-order valence-corrected chi connectivity index (χ4v) is 2.46. The fourth-order valence-electron chi connectivity index (χ4n) is 2.46. The van der Waals surface area contributed by atoms with E-state index in [1.54, 1.807) is 0 Å². The summed E-state index contributed by atoms with van der Waals surface area (Å²) in [6.07, 6.45) is 1.94. The van der Waals surface area contributed by atoms with Crippen molar-refractivity contribution in [3.05, 3.63) is 36.0 Å². The van der Waals surface area contributed by atoms with Gasteiger partial charge in [-0.1, -0.05) is 12.1 Å². The highest BCUT2D eigenvalue weighted by molar-refractivity contribution is 5.83. The second-order valence-corrected chi connectivity index (χ2v) is 4.97. The standard InChI is InChI=1S/C16H23N3O/c1-4-19(5-2)16(20)12(3)18-11-13-7-6-8-15-14(13)9-10-17-15/h6-10,12,17-18H,4-5,11H2,1-3H3. The molecule has 0 spiro atoms. The zero-order chi connectivity index (χ0) is 14.5. The fraction of sp³-hybridized carbons (Fsp3) is 0.438. The number of benzene rings is 1. The molecule has 0 aliphatic rings. The maximum atomic E-state index is 12.2. The van der Waals surface area contributed by atoms with Crippen LogP contribution in [0.4, 0.5) is 0 Å². The summed E-state index contributed by atoms with van der Waals surface area (Å²) < 4.78 is 0. The van der Waals surface area contributed by atoms with Crippen LogP contribution in [0.1, 0.15) is 26.3 Å². The van der Waals surface area contributed by atoms with Crippen LogP contribution in [0.5, 0.6) is 0 Å². The van der Waals surface area contributed by atoms with E-state index in [1.165, 1.54) is 10.9 Å². The van der Waals surface area contributed by atoms with Gasteiger partial charge in [0, 0.05) is 36.7 Å². The van der Waals surface area contributed by atoms with E-state index in [4.69, 9.17) is 0 Å². The lowest BCUT2D eigenvalue weighted by Crippen LogP contribution is -2.44. The van der Waals surface area contributed by atoms with Gasteiger partial charge in [-0.05, 0) is 38.5 Å². The molecular weight excluding hydrogens is 250 g/mol. The first-order valence-corrected chi connectivity index (χ1v) is 7.24. The first kappa shape index (κ1) is 14.6. The molecule has 1 atom stereocenters. The number of fused-ring (bicyclic) bond motifs is 1. The van der Waals surface area contributed by atoms with Gasteiger partial charge >= 0.3 is 0 Å². The molecule has 0 radical (unpaired) electrons. The number of carbonyl (C=O) groups is 1. The highest BCUT2D eigenvalue weighted by Crippen LogP contribution is 2.17. The number of likely N-dealkylation sites (N-methyl/N-ethyl adjacent to an activating group) is 1. The average molecular weight is 273 g/mol. The smallest absolute Gasteiger partial charge is 0.239 e. The first-order chi connectivity index (χ1) is 9.67. The summed E-state index contributed by atoms with van der Waals surface area (Å²) in [7, 11) is 0. The van der Waals surface area contributed by atoms with Crippen molar-refractivity contribution in [2.75, 3.05) is 13.1 Å². The molecule has 1 aromatic carbocycles. The number of hydrogen-bond acceptors (Lipinski definition) is 2. The van der Waals surface area contributed by atoms with Gasteiger partial charge in [-0.15, -0.1) is 0 Å². The van der Waals surface area contributed by atoms with Crippen LogP contribution in [-0.4, -0.2) is 34.9 Å². The lowest BCUT2D eigenvalue weighted by molar-refractivity contribution is -0.132. The molecule has 108 valence electrons. The Morgan fingerprint density at radius 1 is 1.30 bits per heavy atom. The molecule has 0 bridgehead atoms. The summed E-state index contributed by atoms with van der Waals surface area (Å²) in [5.41, 5.74) is 2.34. The van der Waals surface area contributed by atoms with Crippen LogP contribution < -0.4 is 5.32 Å². The van der Waals surface area contributed by atoms with Gasteiger partial charge in [-0.2, -0.15) is 0 Å². The van der Waals surface area contributed by atoms with Crippen LogP contribution in [-0.2, 0) is 11.3 Å². The molecular formula is C16H23N3O. The van der Waals surface area contributed by atoms with E-state index in [1.807, 2.05) is 37.9 Å². The van der Waals surface area contributed by atoms with E-state index in [0.717, 1.165) is 18.6 Å². The first-order valence-electron chi connectivity index (χ1n) is 7.24. The largest absolute Gasteiger partial charge is 0.361 e. The summed E-state index contributed by atoms with van der Waals surface area (Å²) in [4.78, 5) is 17.3. The van der Waals surface area contributed by atoms with Gasteiger partial charge in [-0.3, -0.25) is 4.79 Å². The van der Waals surface area contributed by atoms with Crippen LogP contribution in [0.3, 0.4) is 0 Å². The Bertz CT molecular complexity index is 572. The minimum Gasteiger partial charge on any atom is -0.361 e. The summed E-state index contributed by atoms with van der Waals surface area (Å²) in [6, 6.07) is 8.10. The van der Waals surface area contributed by atoms with Crippen LogP contribution in [0.25, 0.3) is 10.9 Å². The van der Waals surface area contributed by atoms with Crippen molar-refractivity contribution in [2.45, 2.75) is 33.4 Å². The summed E-state index contributed by atoms with van der Waals surface area (Å²) in [5.74, 6) is 0.163. The number of rotatable bonds is 6. The molecule has 2 aromatic rings. The molecule has 1 heterocycles. The van der Waals surface area contributed by atoms with Gasteiger partial charge in [0.2, 0.25) is 5.91 Å². The maximum absolute atomic E-state index is 12.2. The number of amides is 1. The molecule has 1 aromatic heterocycles. The van der Waals surface area contributed by atoms with Crippen molar-refractivity contribution in [1.82, 2.24) is 15.2 Å². The van der Waals surface area contributed by atoms with Crippen molar-refractivity contribution >= 4 is 16.8 Å². The van der Waals surface area contributed by atoms with E-state index in [-0.39, 0.29) is 11.9 Å². The van der Waals surface area contributed by atoms with Gasteiger partial charge in [0.1, 0.15) is 0 Å². The molecule has 1 unspecified atom stereocenters. The molecule has 0 saturated heterocycles. The molecule has 2 rings (SSSR count). The Hall–Kier alpha value is -1.81.